The average molecular weight is 299 g/mol. The van der Waals surface area contributed by atoms with Gasteiger partial charge in [-0.2, -0.15) is 8.78 Å². The van der Waals surface area contributed by atoms with Crippen molar-refractivity contribution in [1.82, 2.24) is 0 Å². The van der Waals surface area contributed by atoms with E-state index in [9.17, 15) is 13.2 Å². The van der Waals surface area contributed by atoms with Gasteiger partial charge in [-0.15, -0.1) is 0 Å². The van der Waals surface area contributed by atoms with Crippen molar-refractivity contribution in [2.45, 2.75) is 33.4 Å². The molecule has 1 atom stereocenters. The fourth-order valence-electron chi connectivity index (χ4n) is 2.19. The maximum absolute atomic E-state index is 13.6. The molecular weight excluding hydrogens is 283 g/mol. The molecule has 2 aromatic rings. The van der Waals surface area contributed by atoms with Crippen LogP contribution in [0.4, 0.5) is 18.9 Å². The van der Waals surface area contributed by atoms with Crippen LogP contribution in [0.15, 0.2) is 28.7 Å². The Morgan fingerprint density at radius 1 is 1.19 bits per heavy atom. The van der Waals surface area contributed by atoms with E-state index in [1.807, 2.05) is 26.8 Å². The minimum absolute atomic E-state index is 0.108. The largest absolute Gasteiger partial charge is 0.466 e. The second kappa shape index (κ2) is 6.11. The Morgan fingerprint density at radius 3 is 2.43 bits per heavy atom. The van der Waals surface area contributed by atoms with Gasteiger partial charge in [0.1, 0.15) is 11.5 Å². The zero-order valence-electron chi connectivity index (χ0n) is 11.9. The molecule has 6 heteroatoms. The van der Waals surface area contributed by atoms with Gasteiger partial charge >= 0.3 is 6.61 Å². The molecule has 2 rings (SSSR count). The predicted molar refractivity (Wildman–Crippen MR) is 73.3 cm³/mol. The molecule has 1 unspecified atom stereocenters. The maximum atomic E-state index is 13.6. The summed E-state index contributed by atoms with van der Waals surface area (Å²) in [6.45, 7) is 2.55. The van der Waals surface area contributed by atoms with Crippen LogP contribution in [0.25, 0.3) is 0 Å². The molecule has 1 aromatic heterocycles. The summed E-state index contributed by atoms with van der Waals surface area (Å²) in [5, 5.41) is 3.09. The summed E-state index contributed by atoms with van der Waals surface area (Å²) in [5.41, 5.74) is 1.43. The van der Waals surface area contributed by atoms with E-state index >= 15 is 0 Å². The minimum atomic E-state index is -3.05. The molecule has 21 heavy (non-hydrogen) atoms. The van der Waals surface area contributed by atoms with Crippen LogP contribution in [0.5, 0.6) is 5.75 Å². The van der Waals surface area contributed by atoms with Crippen LogP contribution in [0.2, 0.25) is 0 Å². The van der Waals surface area contributed by atoms with E-state index in [1.165, 1.54) is 12.1 Å². The van der Waals surface area contributed by atoms with Crippen LogP contribution < -0.4 is 10.1 Å². The first-order valence-electron chi connectivity index (χ1n) is 6.44. The Kier molecular flexibility index (Phi) is 4.45. The quantitative estimate of drug-likeness (QED) is 0.860. The third-order valence-electron chi connectivity index (χ3n) is 3.08. The van der Waals surface area contributed by atoms with Crippen molar-refractivity contribution < 1.29 is 22.3 Å². The zero-order chi connectivity index (χ0) is 15.6. The number of halogens is 3. The molecule has 0 fully saturated rings. The number of nitrogens with one attached hydrogen (secondary N) is 1. The molecule has 0 saturated carbocycles. The molecule has 0 bridgehead atoms. The number of anilines is 1. The Balaban J connectivity index is 2.13. The van der Waals surface area contributed by atoms with Gasteiger partial charge in [-0.1, -0.05) is 0 Å². The van der Waals surface area contributed by atoms with Gasteiger partial charge in [-0.05, 0) is 39.0 Å². The summed E-state index contributed by atoms with van der Waals surface area (Å²) >= 11 is 0. The van der Waals surface area contributed by atoms with E-state index in [-0.39, 0.29) is 6.04 Å². The van der Waals surface area contributed by atoms with Gasteiger partial charge in [-0.25, -0.2) is 4.39 Å². The molecule has 0 saturated heterocycles. The molecule has 0 aliphatic heterocycles. The van der Waals surface area contributed by atoms with Gasteiger partial charge in [-0.3, -0.25) is 0 Å². The Labute approximate surface area is 120 Å². The molecular formula is C15H16F3NO2. The number of benzene rings is 1. The number of ether oxygens (including phenoxy) is 1. The summed E-state index contributed by atoms with van der Waals surface area (Å²) in [6, 6.07) is 5.57. The second-order valence-corrected chi connectivity index (χ2v) is 4.76. The van der Waals surface area contributed by atoms with E-state index in [1.54, 1.807) is 0 Å². The minimum Gasteiger partial charge on any atom is -0.466 e. The number of rotatable bonds is 5. The van der Waals surface area contributed by atoms with Gasteiger partial charge in [0.2, 0.25) is 0 Å². The molecule has 0 radical (unpaired) electrons. The number of hydrogen-bond donors (Lipinski definition) is 1. The number of furan rings is 1. The van der Waals surface area contributed by atoms with Crippen molar-refractivity contribution in [1.29, 1.82) is 0 Å². The van der Waals surface area contributed by atoms with E-state index in [2.05, 4.69) is 10.1 Å². The van der Waals surface area contributed by atoms with E-state index in [0.29, 0.717) is 5.69 Å². The van der Waals surface area contributed by atoms with Gasteiger partial charge in [0, 0.05) is 17.3 Å². The molecule has 1 aromatic carbocycles. The zero-order valence-corrected chi connectivity index (χ0v) is 11.9. The van der Waals surface area contributed by atoms with Crippen LogP contribution in [0.1, 0.15) is 30.0 Å². The van der Waals surface area contributed by atoms with E-state index in [4.69, 9.17) is 4.42 Å². The summed E-state index contributed by atoms with van der Waals surface area (Å²) < 4.78 is 47.3. The normalized spacial score (nSPS) is 12.5. The van der Waals surface area contributed by atoms with Crippen molar-refractivity contribution >= 4 is 5.69 Å². The monoisotopic (exact) mass is 299 g/mol. The number of hydrogen-bond acceptors (Lipinski definition) is 3. The first-order chi connectivity index (χ1) is 9.86. The highest BCUT2D eigenvalue weighted by Crippen LogP contribution is 2.27. The highest BCUT2D eigenvalue weighted by Gasteiger charge is 2.14. The Morgan fingerprint density at radius 2 is 1.90 bits per heavy atom. The molecule has 0 spiro atoms. The van der Waals surface area contributed by atoms with Crippen LogP contribution >= 0.6 is 0 Å². The lowest BCUT2D eigenvalue weighted by Crippen LogP contribution is -2.08. The Hall–Kier alpha value is -2.11. The third-order valence-corrected chi connectivity index (χ3v) is 3.08. The van der Waals surface area contributed by atoms with Crippen molar-refractivity contribution in [3.8, 4) is 5.75 Å². The molecule has 1 N–H and O–H groups in total. The third kappa shape index (κ3) is 3.71. The summed E-state index contributed by atoms with van der Waals surface area (Å²) in [6.07, 6.45) is 0. The fraction of sp³-hybridized carbons (Fsp3) is 0.333. The van der Waals surface area contributed by atoms with Crippen LogP contribution in [0.3, 0.4) is 0 Å². The van der Waals surface area contributed by atoms with Crippen molar-refractivity contribution in [3.05, 3.63) is 47.2 Å². The molecule has 0 amide bonds. The number of aryl methyl sites for hydroxylation is 2. The SMILES string of the molecule is Cc1cc(C(C)Nc2ccc(OC(F)F)c(F)c2)c(C)o1. The van der Waals surface area contributed by atoms with Gasteiger partial charge in [0.25, 0.3) is 0 Å². The van der Waals surface area contributed by atoms with Crippen LogP contribution in [0, 0.1) is 19.7 Å². The van der Waals surface area contributed by atoms with Crippen LogP contribution in [-0.2, 0) is 0 Å². The highest BCUT2D eigenvalue weighted by atomic mass is 19.3. The molecule has 0 aliphatic carbocycles. The topological polar surface area (TPSA) is 34.4 Å². The van der Waals surface area contributed by atoms with Crippen molar-refractivity contribution in [2.24, 2.45) is 0 Å². The standard InChI is InChI=1S/C15H16F3NO2/c1-8-6-12(10(3)20-8)9(2)19-11-4-5-14(13(16)7-11)21-15(17)18/h4-7,9,15,19H,1-3H3. The lowest BCUT2D eigenvalue weighted by atomic mass is 10.1. The number of alkyl halides is 2. The van der Waals surface area contributed by atoms with Crippen LogP contribution in [-0.4, -0.2) is 6.61 Å². The fourth-order valence-corrected chi connectivity index (χ4v) is 2.19. The Bertz CT molecular complexity index is 625. The van der Waals surface area contributed by atoms with Gasteiger partial charge in [0.15, 0.2) is 11.6 Å². The van der Waals surface area contributed by atoms with Gasteiger partial charge < -0.3 is 14.5 Å². The summed E-state index contributed by atoms with van der Waals surface area (Å²) in [5.74, 6) is 0.264. The lowest BCUT2D eigenvalue weighted by molar-refractivity contribution is -0.0521. The smallest absolute Gasteiger partial charge is 0.387 e. The van der Waals surface area contributed by atoms with E-state index in [0.717, 1.165) is 23.2 Å². The molecule has 3 nitrogen and oxygen atoms in total. The first kappa shape index (κ1) is 15.3. The maximum Gasteiger partial charge on any atom is 0.387 e. The van der Waals surface area contributed by atoms with Crippen molar-refractivity contribution in [3.63, 3.8) is 0 Å². The highest BCUT2D eigenvalue weighted by molar-refractivity contribution is 5.49. The summed E-state index contributed by atoms with van der Waals surface area (Å²) in [7, 11) is 0. The second-order valence-electron chi connectivity index (χ2n) is 4.76. The first-order valence-corrected chi connectivity index (χ1v) is 6.44. The molecule has 1 heterocycles. The predicted octanol–water partition coefficient (Wildman–Crippen LogP) is 4.81. The van der Waals surface area contributed by atoms with Gasteiger partial charge in [0.05, 0.1) is 6.04 Å². The average Bonchev–Trinajstić information content (AvgIpc) is 2.71. The molecule has 0 aliphatic rings. The lowest BCUT2D eigenvalue weighted by Gasteiger charge is -2.15. The molecule has 114 valence electrons. The van der Waals surface area contributed by atoms with Crippen molar-refractivity contribution in [2.75, 3.05) is 5.32 Å². The van der Waals surface area contributed by atoms with E-state index < -0.39 is 18.2 Å². The summed E-state index contributed by atoms with van der Waals surface area (Å²) in [4.78, 5) is 0.